The van der Waals surface area contributed by atoms with Crippen molar-refractivity contribution in [2.45, 2.75) is 32.3 Å². The summed E-state index contributed by atoms with van der Waals surface area (Å²) in [7, 11) is 1.75. The van der Waals surface area contributed by atoms with Gasteiger partial charge in [-0.1, -0.05) is 0 Å². The molecule has 0 atom stereocenters. The van der Waals surface area contributed by atoms with Crippen molar-refractivity contribution in [3.8, 4) is 6.07 Å². The van der Waals surface area contributed by atoms with Crippen LogP contribution in [0.4, 0.5) is 0 Å². The number of aliphatic hydroxyl groups is 1. The van der Waals surface area contributed by atoms with E-state index in [1.165, 1.54) is 0 Å². The molecule has 120 valence electrons. The Morgan fingerprint density at radius 1 is 1.29 bits per heavy atom. The Morgan fingerprint density at radius 2 is 1.86 bits per heavy atom. The van der Waals surface area contributed by atoms with Crippen molar-refractivity contribution >= 4 is 5.91 Å². The lowest BCUT2D eigenvalue weighted by Gasteiger charge is -2.37. The predicted molar refractivity (Wildman–Crippen MR) is 81.7 cm³/mol. The van der Waals surface area contributed by atoms with Crippen LogP contribution in [-0.4, -0.2) is 84.2 Å². The van der Waals surface area contributed by atoms with Crippen molar-refractivity contribution in [2.75, 3.05) is 52.9 Å². The van der Waals surface area contributed by atoms with E-state index in [1.54, 1.807) is 11.9 Å². The fourth-order valence-corrected chi connectivity index (χ4v) is 2.51. The van der Waals surface area contributed by atoms with Gasteiger partial charge in [0.05, 0.1) is 18.1 Å². The summed E-state index contributed by atoms with van der Waals surface area (Å²) in [6.45, 7) is 9.36. The van der Waals surface area contributed by atoms with Crippen molar-refractivity contribution in [1.29, 1.82) is 5.26 Å². The second-order valence-electron chi connectivity index (χ2n) is 6.40. The number of hydrogen-bond acceptors (Lipinski definition) is 5. The summed E-state index contributed by atoms with van der Waals surface area (Å²) in [6, 6.07) is 2.05. The number of amides is 1. The quantitative estimate of drug-likeness (QED) is 0.723. The van der Waals surface area contributed by atoms with Gasteiger partial charge in [0, 0.05) is 59.3 Å². The fourth-order valence-electron chi connectivity index (χ4n) is 2.51. The number of carbonyl (C=O) groups excluding carboxylic acids is 1. The van der Waals surface area contributed by atoms with Crippen LogP contribution in [0.15, 0.2) is 0 Å². The maximum Gasteiger partial charge on any atom is 0.223 e. The zero-order valence-electron chi connectivity index (χ0n) is 13.5. The first-order valence-electron chi connectivity index (χ1n) is 7.60. The molecule has 0 aromatic heterocycles. The van der Waals surface area contributed by atoms with Crippen LogP contribution in [0.2, 0.25) is 0 Å². The van der Waals surface area contributed by atoms with Gasteiger partial charge in [-0.15, -0.1) is 0 Å². The van der Waals surface area contributed by atoms with E-state index in [9.17, 15) is 9.90 Å². The molecule has 0 saturated carbocycles. The fraction of sp³-hybridized carbons (Fsp3) is 0.867. The smallest absolute Gasteiger partial charge is 0.223 e. The highest BCUT2D eigenvalue weighted by Gasteiger charge is 2.23. The van der Waals surface area contributed by atoms with Crippen molar-refractivity contribution in [3.05, 3.63) is 0 Å². The highest BCUT2D eigenvalue weighted by molar-refractivity contribution is 5.76. The molecule has 0 bridgehead atoms. The molecule has 1 heterocycles. The van der Waals surface area contributed by atoms with E-state index in [1.807, 2.05) is 13.8 Å². The average molecular weight is 296 g/mol. The third-order valence-electron chi connectivity index (χ3n) is 3.70. The van der Waals surface area contributed by atoms with Crippen LogP contribution in [0.25, 0.3) is 0 Å². The zero-order chi connectivity index (χ0) is 15.9. The topological polar surface area (TPSA) is 70.8 Å². The van der Waals surface area contributed by atoms with Crippen molar-refractivity contribution in [2.24, 2.45) is 0 Å². The van der Waals surface area contributed by atoms with Gasteiger partial charge in [-0.3, -0.25) is 9.69 Å². The van der Waals surface area contributed by atoms with Crippen molar-refractivity contribution in [1.82, 2.24) is 14.7 Å². The summed E-state index contributed by atoms with van der Waals surface area (Å²) in [5, 5.41) is 18.3. The number of nitrogens with zero attached hydrogens (tertiary/aromatic N) is 4. The average Bonchev–Trinajstić information content (AvgIpc) is 2.42. The lowest BCUT2D eigenvalue weighted by molar-refractivity contribution is -0.130. The van der Waals surface area contributed by atoms with Gasteiger partial charge in [-0.2, -0.15) is 5.26 Å². The molecular formula is C15H28N4O2. The van der Waals surface area contributed by atoms with Gasteiger partial charge < -0.3 is 14.9 Å². The van der Waals surface area contributed by atoms with Gasteiger partial charge in [-0.05, 0) is 13.8 Å². The Hall–Kier alpha value is -1.16. The minimum Gasteiger partial charge on any atom is -0.389 e. The molecule has 1 rings (SSSR count). The summed E-state index contributed by atoms with van der Waals surface area (Å²) in [5.74, 6) is 0.101. The first-order chi connectivity index (χ1) is 9.81. The van der Waals surface area contributed by atoms with Crippen LogP contribution in [0.1, 0.15) is 26.7 Å². The molecule has 0 aromatic carbocycles. The molecule has 1 fully saturated rings. The molecule has 0 aliphatic carbocycles. The van der Waals surface area contributed by atoms with Gasteiger partial charge in [0.1, 0.15) is 0 Å². The van der Waals surface area contributed by atoms with E-state index in [2.05, 4.69) is 15.9 Å². The van der Waals surface area contributed by atoms with E-state index in [-0.39, 0.29) is 5.91 Å². The Kier molecular flexibility index (Phi) is 7.09. The minimum atomic E-state index is -0.651. The van der Waals surface area contributed by atoms with Crippen LogP contribution < -0.4 is 0 Å². The number of hydrogen-bond donors (Lipinski definition) is 1. The van der Waals surface area contributed by atoms with Crippen molar-refractivity contribution in [3.63, 3.8) is 0 Å². The Bertz CT molecular complexity index is 365. The molecular weight excluding hydrogens is 268 g/mol. The van der Waals surface area contributed by atoms with Crippen LogP contribution >= 0.6 is 0 Å². The van der Waals surface area contributed by atoms with Crippen LogP contribution in [0.5, 0.6) is 0 Å². The summed E-state index contributed by atoms with van der Waals surface area (Å²) in [6.07, 6.45) is 0.894. The molecule has 0 aromatic rings. The zero-order valence-corrected chi connectivity index (χ0v) is 13.5. The lowest BCUT2D eigenvalue weighted by atomic mass is 10.1. The maximum absolute atomic E-state index is 11.9. The summed E-state index contributed by atoms with van der Waals surface area (Å²) >= 11 is 0. The normalized spacial score (nSPS) is 17.5. The number of carbonyl (C=O) groups is 1. The molecule has 0 radical (unpaired) electrons. The summed E-state index contributed by atoms with van der Waals surface area (Å²) in [4.78, 5) is 18.1. The third-order valence-corrected chi connectivity index (χ3v) is 3.70. The number of nitriles is 1. The molecule has 1 amide bonds. The predicted octanol–water partition coefficient (Wildman–Crippen LogP) is 0.137. The Morgan fingerprint density at radius 3 is 2.38 bits per heavy atom. The van der Waals surface area contributed by atoms with E-state index < -0.39 is 5.60 Å². The molecule has 0 unspecified atom stereocenters. The molecule has 1 N–H and O–H groups in total. The van der Waals surface area contributed by atoms with E-state index in [4.69, 9.17) is 5.26 Å². The van der Waals surface area contributed by atoms with E-state index in [0.717, 1.165) is 32.7 Å². The molecule has 21 heavy (non-hydrogen) atoms. The summed E-state index contributed by atoms with van der Waals surface area (Å²) < 4.78 is 0. The van der Waals surface area contributed by atoms with Gasteiger partial charge >= 0.3 is 0 Å². The van der Waals surface area contributed by atoms with Gasteiger partial charge in [0.25, 0.3) is 0 Å². The molecule has 6 nitrogen and oxygen atoms in total. The van der Waals surface area contributed by atoms with Gasteiger partial charge in [0.2, 0.25) is 5.91 Å². The first kappa shape index (κ1) is 17.9. The van der Waals surface area contributed by atoms with E-state index in [0.29, 0.717) is 25.9 Å². The van der Waals surface area contributed by atoms with Gasteiger partial charge in [-0.25, -0.2) is 0 Å². The van der Waals surface area contributed by atoms with E-state index >= 15 is 0 Å². The summed E-state index contributed by atoms with van der Waals surface area (Å²) in [5.41, 5.74) is -0.651. The number of β-amino-alcohol motifs (C(OH)–C–C–N with tert-alkyl or cyclic N) is 1. The van der Waals surface area contributed by atoms with Crippen LogP contribution in [-0.2, 0) is 4.79 Å². The standard InChI is InChI=1S/C15H28N4O2/c1-15(2,21)13-19-11-9-18(10-12-19)8-5-14(20)17(3)7-4-6-16/h21H,4-5,7-13H2,1-3H3. The Balaban J connectivity index is 2.21. The minimum absolute atomic E-state index is 0.101. The highest BCUT2D eigenvalue weighted by atomic mass is 16.3. The molecule has 6 heteroatoms. The Labute approximate surface area is 127 Å². The first-order valence-corrected chi connectivity index (χ1v) is 7.60. The molecule has 0 spiro atoms. The van der Waals surface area contributed by atoms with Crippen LogP contribution in [0.3, 0.4) is 0 Å². The van der Waals surface area contributed by atoms with Crippen molar-refractivity contribution < 1.29 is 9.90 Å². The van der Waals surface area contributed by atoms with Gasteiger partial charge in [0.15, 0.2) is 0 Å². The monoisotopic (exact) mass is 296 g/mol. The second-order valence-corrected chi connectivity index (χ2v) is 6.40. The second kappa shape index (κ2) is 8.32. The number of piperazine rings is 1. The number of rotatable bonds is 7. The molecule has 1 aliphatic heterocycles. The maximum atomic E-state index is 11.9. The lowest BCUT2D eigenvalue weighted by Crippen LogP contribution is -2.50. The molecule has 1 aliphatic rings. The highest BCUT2D eigenvalue weighted by Crippen LogP contribution is 2.09. The van der Waals surface area contributed by atoms with Crippen LogP contribution in [0, 0.1) is 11.3 Å². The third kappa shape index (κ3) is 7.42. The largest absolute Gasteiger partial charge is 0.389 e. The SMILES string of the molecule is CN(CCC#N)C(=O)CCN1CCN(CC(C)(C)O)CC1. The molecule has 1 saturated heterocycles.